The summed E-state index contributed by atoms with van der Waals surface area (Å²) in [4.78, 5) is 0. The molecule has 3 aromatic rings. The molecule has 0 unspecified atom stereocenters. The predicted molar refractivity (Wildman–Crippen MR) is 86.5 cm³/mol. The Balaban J connectivity index is 0.000000426. The molecule has 0 bridgehead atoms. The lowest BCUT2D eigenvalue weighted by molar-refractivity contribution is 1.50. The van der Waals surface area contributed by atoms with Crippen molar-refractivity contribution < 1.29 is 0 Å². The summed E-state index contributed by atoms with van der Waals surface area (Å²) in [5.74, 6) is 0. The number of hydrogen-bond acceptors (Lipinski definition) is 0. The second kappa shape index (κ2) is 5.27. The fraction of sp³-hybridized carbons (Fsp3) is 0.158. The topological polar surface area (TPSA) is 0 Å². The third-order valence-corrected chi connectivity index (χ3v) is 3.41. The molecule has 0 aliphatic heterocycles. The van der Waals surface area contributed by atoms with Crippen LogP contribution >= 0.6 is 0 Å². The van der Waals surface area contributed by atoms with Crippen LogP contribution in [0.2, 0.25) is 0 Å². The molecule has 0 saturated carbocycles. The van der Waals surface area contributed by atoms with E-state index in [1.807, 2.05) is 13.8 Å². The van der Waals surface area contributed by atoms with Crippen molar-refractivity contribution in [2.24, 2.45) is 0 Å². The Kier molecular flexibility index (Phi) is 3.71. The maximum Gasteiger partial charge on any atom is -0.00264 e. The molecule has 1 aliphatic carbocycles. The number of benzene rings is 3. The van der Waals surface area contributed by atoms with Crippen LogP contribution in [-0.4, -0.2) is 0 Å². The van der Waals surface area contributed by atoms with Gasteiger partial charge < -0.3 is 0 Å². The van der Waals surface area contributed by atoms with Crippen molar-refractivity contribution in [3.05, 3.63) is 60.7 Å². The van der Waals surface area contributed by atoms with E-state index in [1.165, 1.54) is 33.0 Å². The minimum atomic E-state index is 0. The number of fused-ring (bicyclic) bond motifs is 3. The first-order valence-electron chi connectivity index (χ1n) is 6.57. The lowest BCUT2D eigenvalue weighted by atomic mass is 10.0. The molecule has 0 aromatic heterocycles. The lowest BCUT2D eigenvalue weighted by Crippen LogP contribution is -1.73. The average molecular weight is 248 g/mol. The molecule has 0 heterocycles. The smallest absolute Gasteiger partial charge is 0.00264 e. The van der Waals surface area contributed by atoms with Gasteiger partial charge in [-0.3, -0.25) is 0 Å². The summed E-state index contributed by atoms with van der Waals surface area (Å²) in [5, 5.41) is 2.75. The first-order chi connectivity index (χ1) is 8.95. The van der Waals surface area contributed by atoms with Gasteiger partial charge in [-0.25, -0.2) is 0 Å². The Morgan fingerprint density at radius 3 is 1.42 bits per heavy atom. The third-order valence-electron chi connectivity index (χ3n) is 3.41. The molecule has 0 radical (unpaired) electrons. The summed E-state index contributed by atoms with van der Waals surface area (Å²) >= 11 is 0. The lowest BCUT2D eigenvalue weighted by Gasteiger charge is -2.00. The van der Waals surface area contributed by atoms with Gasteiger partial charge in [-0.05, 0) is 33.0 Å². The van der Waals surface area contributed by atoms with Crippen LogP contribution in [0.5, 0.6) is 0 Å². The second-order valence-corrected chi connectivity index (χ2v) is 4.25. The van der Waals surface area contributed by atoms with Gasteiger partial charge in [0.2, 0.25) is 0 Å². The van der Waals surface area contributed by atoms with Crippen LogP contribution in [0.3, 0.4) is 0 Å². The molecule has 0 atom stereocenters. The van der Waals surface area contributed by atoms with Crippen LogP contribution < -0.4 is 0 Å². The zero-order valence-electron chi connectivity index (χ0n) is 10.8. The zero-order chi connectivity index (χ0) is 12.5. The summed E-state index contributed by atoms with van der Waals surface area (Å²) in [5.41, 5.74) is 5.50. The Bertz CT molecular complexity index is 650. The highest BCUT2D eigenvalue weighted by Crippen LogP contribution is 2.46. The minimum absolute atomic E-state index is 0. The average Bonchev–Trinajstić information content (AvgIpc) is 2.79. The van der Waals surface area contributed by atoms with Crippen molar-refractivity contribution in [2.45, 2.75) is 21.3 Å². The zero-order valence-corrected chi connectivity index (χ0v) is 10.8. The quantitative estimate of drug-likeness (QED) is 0.350. The molecular formula is C19H20. The molecule has 1 aliphatic rings. The van der Waals surface area contributed by atoms with E-state index in [0.717, 1.165) is 0 Å². The monoisotopic (exact) mass is 248 g/mol. The highest BCUT2D eigenvalue weighted by atomic mass is 14.2. The molecule has 0 N–H and O–H groups in total. The van der Waals surface area contributed by atoms with Crippen LogP contribution in [0.4, 0.5) is 0 Å². The third kappa shape index (κ3) is 1.84. The Hall–Kier alpha value is -2.08. The van der Waals surface area contributed by atoms with Gasteiger partial charge in [0.05, 0.1) is 0 Å². The van der Waals surface area contributed by atoms with Gasteiger partial charge in [0.15, 0.2) is 0 Å². The molecule has 4 rings (SSSR count). The molecule has 0 saturated heterocycles. The standard InChI is InChI=1S/C16H10.C2H6.CH4/c1-2-8-13-12(7-1)14-9-3-5-11-6-4-10-15(13)16(11)14;1-2;/h1-10H;1-2H3;1H4. The normalized spacial score (nSPS) is 10.2. The molecule has 19 heavy (non-hydrogen) atoms. The summed E-state index contributed by atoms with van der Waals surface area (Å²) in [6.07, 6.45) is 0. The second-order valence-electron chi connectivity index (χ2n) is 4.25. The Morgan fingerprint density at radius 1 is 0.526 bits per heavy atom. The fourth-order valence-corrected chi connectivity index (χ4v) is 2.74. The van der Waals surface area contributed by atoms with Crippen molar-refractivity contribution in [3.63, 3.8) is 0 Å². The maximum absolute atomic E-state index is 2.22. The van der Waals surface area contributed by atoms with Crippen molar-refractivity contribution in [1.29, 1.82) is 0 Å². The van der Waals surface area contributed by atoms with Gasteiger partial charge >= 0.3 is 0 Å². The van der Waals surface area contributed by atoms with E-state index in [-0.39, 0.29) is 7.43 Å². The SMILES string of the molecule is C.CC.c1ccc2c(c1)-c1cccc3cccc-2c13. The van der Waals surface area contributed by atoms with Gasteiger partial charge in [0.1, 0.15) is 0 Å². The summed E-state index contributed by atoms with van der Waals surface area (Å²) in [7, 11) is 0. The molecule has 0 nitrogen and oxygen atoms in total. The van der Waals surface area contributed by atoms with E-state index in [4.69, 9.17) is 0 Å². The first kappa shape index (κ1) is 13.4. The van der Waals surface area contributed by atoms with Crippen LogP contribution in [0.15, 0.2) is 60.7 Å². The largest absolute Gasteiger partial charge is 0.0776 e. The van der Waals surface area contributed by atoms with E-state index in [1.54, 1.807) is 0 Å². The van der Waals surface area contributed by atoms with Crippen LogP contribution in [-0.2, 0) is 0 Å². The number of rotatable bonds is 0. The molecule has 0 heteroatoms. The van der Waals surface area contributed by atoms with E-state index in [0.29, 0.717) is 0 Å². The first-order valence-corrected chi connectivity index (χ1v) is 6.57. The van der Waals surface area contributed by atoms with Crippen molar-refractivity contribution in [1.82, 2.24) is 0 Å². The fourth-order valence-electron chi connectivity index (χ4n) is 2.74. The van der Waals surface area contributed by atoms with E-state index >= 15 is 0 Å². The van der Waals surface area contributed by atoms with E-state index < -0.39 is 0 Å². The molecule has 96 valence electrons. The molecule has 0 amide bonds. The molecule has 0 spiro atoms. The summed E-state index contributed by atoms with van der Waals surface area (Å²) in [6, 6.07) is 21.8. The molecule has 3 aromatic carbocycles. The Labute approximate surface area is 115 Å². The van der Waals surface area contributed by atoms with E-state index in [2.05, 4.69) is 60.7 Å². The van der Waals surface area contributed by atoms with Crippen molar-refractivity contribution in [3.8, 4) is 22.3 Å². The maximum atomic E-state index is 2.22. The van der Waals surface area contributed by atoms with Gasteiger partial charge in [-0.1, -0.05) is 81.9 Å². The summed E-state index contributed by atoms with van der Waals surface area (Å²) in [6.45, 7) is 4.00. The number of hydrogen-bond donors (Lipinski definition) is 0. The van der Waals surface area contributed by atoms with Crippen LogP contribution in [0, 0.1) is 0 Å². The molecule has 0 fully saturated rings. The van der Waals surface area contributed by atoms with Gasteiger partial charge in [0, 0.05) is 0 Å². The van der Waals surface area contributed by atoms with Crippen LogP contribution in [0.25, 0.3) is 33.0 Å². The highest BCUT2D eigenvalue weighted by molar-refractivity contribution is 6.15. The van der Waals surface area contributed by atoms with Crippen molar-refractivity contribution in [2.75, 3.05) is 0 Å². The minimum Gasteiger partial charge on any atom is -0.0776 e. The highest BCUT2D eigenvalue weighted by Gasteiger charge is 2.19. The summed E-state index contributed by atoms with van der Waals surface area (Å²) < 4.78 is 0. The van der Waals surface area contributed by atoms with E-state index in [9.17, 15) is 0 Å². The van der Waals surface area contributed by atoms with Crippen molar-refractivity contribution >= 4 is 10.8 Å². The van der Waals surface area contributed by atoms with Gasteiger partial charge in [0.25, 0.3) is 0 Å². The Morgan fingerprint density at radius 2 is 0.947 bits per heavy atom. The predicted octanol–water partition coefficient (Wildman–Crippen LogP) is 6.15. The molecular weight excluding hydrogens is 228 g/mol. The van der Waals surface area contributed by atoms with Crippen LogP contribution in [0.1, 0.15) is 21.3 Å². The van der Waals surface area contributed by atoms with Gasteiger partial charge in [-0.15, -0.1) is 0 Å². The van der Waals surface area contributed by atoms with Gasteiger partial charge in [-0.2, -0.15) is 0 Å².